The molecule has 1 heterocycles. The topological polar surface area (TPSA) is 32.7 Å². The van der Waals surface area contributed by atoms with E-state index in [0.29, 0.717) is 6.04 Å². The van der Waals surface area contributed by atoms with Crippen molar-refractivity contribution in [1.82, 2.24) is 0 Å². The number of hydrogen-bond acceptors (Lipinski definition) is 2. The molecule has 2 atom stereocenters. The Morgan fingerprint density at radius 2 is 2.00 bits per heavy atom. The number of aliphatic imine (C=N–C) groups is 1. The first-order valence-corrected chi connectivity index (χ1v) is 7.84. The van der Waals surface area contributed by atoms with E-state index in [1.165, 1.54) is 25.7 Å². The molecule has 1 aromatic carbocycles. The van der Waals surface area contributed by atoms with Crippen molar-refractivity contribution in [1.29, 1.82) is 0 Å². The average Bonchev–Trinajstić information content (AvgIpc) is 2.91. The fraction of sp³-hybridized carbons (Fsp3) is 0.444. The molecule has 3 heteroatoms. The molecule has 0 aromatic heterocycles. The van der Waals surface area contributed by atoms with E-state index in [1.807, 2.05) is 42.6 Å². The van der Waals surface area contributed by atoms with Crippen molar-refractivity contribution in [2.24, 2.45) is 10.9 Å². The van der Waals surface area contributed by atoms with Crippen LogP contribution < -0.4 is 4.90 Å². The van der Waals surface area contributed by atoms with Gasteiger partial charge in [-0.2, -0.15) is 0 Å². The minimum Gasteiger partial charge on any atom is -0.288 e. The Balaban J connectivity index is 1.73. The minimum atomic E-state index is 0.0217. The first kappa shape index (κ1) is 14.1. The fourth-order valence-corrected chi connectivity index (χ4v) is 3.36. The predicted octanol–water partition coefficient (Wildman–Crippen LogP) is 3.96. The third-order valence-electron chi connectivity index (χ3n) is 4.46. The normalized spacial score (nSPS) is 24.7. The number of fused-ring (bicyclic) bond motifs is 1. The van der Waals surface area contributed by atoms with E-state index >= 15 is 0 Å². The first-order chi connectivity index (χ1) is 10.2. The van der Waals surface area contributed by atoms with Gasteiger partial charge in [-0.1, -0.05) is 31.0 Å². The number of hydrogen-bond donors (Lipinski definition) is 0. The minimum absolute atomic E-state index is 0.0217. The third kappa shape index (κ3) is 3.23. The van der Waals surface area contributed by atoms with Gasteiger partial charge in [0.1, 0.15) is 0 Å². The summed E-state index contributed by atoms with van der Waals surface area (Å²) in [7, 11) is 0. The highest BCUT2D eigenvalue weighted by Crippen LogP contribution is 2.34. The molecule has 0 bridgehead atoms. The number of para-hydroxylation sites is 1. The van der Waals surface area contributed by atoms with E-state index in [0.717, 1.165) is 23.7 Å². The number of anilines is 1. The lowest BCUT2D eigenvalue weighted by atomic mass is 9.84. The molecule has 2 aliphatic rings. The maximum absolute atomic E-state index is 11.8. The number of amides is 1. The number of carbonyl (C=O) groups excluding carboxylic acids is 1. The van der Waals surface area contributed by atoms with Gasteiger partial charge in [-0.05, 0) is 43.4 Å². The molecule has 1 aliphatic carbocycles. The molecule has 21 heavy (non-hydrogen) atoms. The van der Waals surface area contributed by atoms with E-state index in [2.05, 4.69) is 0 Å². The molecule has 0 N–H and O–H groups in total. The summed E-state index contributed by atoms with van der Waals surface area (Å²) in [5, 5.41) is 0. The molecule has 0 saturated heterocycles. The maximum atomic E-state index is 11.8. The van der Waals surface area contributed by atoms with Crippen molar-refractivity contribution in [3.05, 3.63) is 42.6 Å². The number of benzene rings is 1. The molecule has 2 unspecified atom stereocenters. The van der Waals surface area contributed by atoms with E-state index in [4.69, 9.17) is 4.99 Å². The molecule has 1 aromatic rings. The highest BCUT2D eigenvalue weighted by atomic mass is 16.2. The summed E-state index contributed by atoms with van der Waals surface area (Å²) < 4.78 is 0. The van der Waals surface area contributed by atoms with Crippen molar-refractivity contribution in [3.8, 4) is 0 Å². The molecule has 110 valence electrons. The lowest BCUT2D eigenvalue weighted by Crippen LogP contribution is -2.22. The monoisotopic (exact) mass is 282 g/mol. The third-order valence-corrected chi connectivity index (χ3v) is 4.46. The van der Waals surface area contributed by atoms with Crippen LogP contribution in [0.4, 0.5) is 5.69 Å². The van der Waals surface area contributed by atoms with Crippen LogP contribution in [0.15, 0.2) is 47.6 Å². The Kier molecular flexibility index (Phi) is 4.18. The Morgan fingerprint density at radius 1 is 1.24 bits per heavy atom. The molecule has 1 aliphatic heterocycles. The van der Waals surface area contributed by atoms with Gasteiger partial charge in [-0.3, -0.25) is 14.7 Å². The summed E-state index contributed by atoms with van der Waals surface area (Å²) in [4.78, 5) is 18.3. The van der Waals surface area contributed by atoms with E-state index < -0.39 is 0 Å². The van der Waals surface area contributed by atoms with Gasteiger partial charge in [0.2, 0.25) is 5.91 Å². The molecular weight excluding hydrogens is 260 g/mol. The van der Waals surface area contributed by atoms with Crippen LogP contribution in [0.1, 0.15) is 39.0 Å². The Bertz CT molecular complexity index is 562. The summed E-state index contributed by atoms with van der Waals surface area (Å²) in [5.74, 6) is 0.759. The molecule has 0 radical (unpaired) electrons. The van der Waals surface area contributed by atoms with Gasteiger partial charge in [0.05, 0.1) is 6.04 Å². The largest absolute Gasteiger partial charge is 0.288 e. The summed E-state index contributed by atoms with van der Waals surface area (Å²) in [6, 6.07) is 10.3. The second-order valence-electron chi connectivity index (χ2n) is 5.98. The molecule has 0 spiro atoms. The van der Waals surface area contributed by atoms with Gasteiger partial charge in [-0.25, -0.2) is 0 Å². The fourth-order valence-electron chi connectivity index (χ4n) is 3.36. The van der Waals surface area contributed by atoms with Gasteiger partial charge in [0, 0.05) is 24.5 Å². The summed E-state index contributed by atoms with van der Waals surface area (Å²) >= 11 is 0. The van der Waals surface area contributed by atoms with Gasteiger partial charge in [0.25, 0.3) is 0 Å². The zero-order valence-electron chi connectivity index (χ0n) is 12.5. The van der Waals surface area contributed by atoms with Crippen LogP contribution in [-0.2, 0) is 4.79 Å². The van der Waals surface area contributed by atoms with E-state index in [-0.39, 0.29) is 5.91 Å². The Morgan fingerprint density at radius 3 is 2.71 bits per heavy atom. The quantitative estimate of drug-likeness (QED) is 0.826. The molecule has 3 rings (SSSR count). The van der Waals surface area contributed by atoms with Crippen molar-refractivity contribution < 1.29 is 4.79 Å². The number of carbonyl (C=O) groups is 1. The smallest absolute Gasteiger partial charge is 0.227 e. The zero-order chi connectivity index (χ0) is 14.7. The second kappa shape index (κ2) is 6.25. The second-order valence-corrected chi connectivity index (χ2v) is 5.98. The zero-order valence-corrected chi connectivity index (χ0v) is 12.5. The molecule has 1 fully saturated rings. The predicted molar refractivity (Wildman–Crippen MR) is 86.5 cm³/mol. The summed E-state index contributed by atoms with van der Waals surface area (Å²) in [6.07, 6.45) is 10.2. The lowest BCUT2D eigenvalue weighted by Gasteiger charge is -2.22. The van der Waals surface area contributed by atoms with Gasteiger partial charge >= 0.3 is 0 Å². The summed E-state index contributed by atoms with van der Waals surface area (Å²) in [6.45, 7) is 1.59. The first-order valence-electron chi connectivity index (χ1n) is 7.84. The number of nitrogens with zero attached hydrogens (tertiary/aromatic N) is 2. The molecule has 1 amide bonds. The SMILES string of the molecule is CC(=O)N(/C=C/C1=NC2CCCCC2C1)c1ccccc1. The van der Waals surface area contributed by atoms with Crippen LogP contribution in [0.3, 0.4) is 0 Å². The van der Waals surface area contributed by atoms with Crippen LogP contribution >= 0.6 is 0 Å². The van der Waals surface area contributed by atoms with Crippen LogP contribution in [0.25, 0.3) is 0 Å². The molecule has 3 nitrogen and oxygen atoms in total. The maximum Gasteiger partial charge on any atom is 0.227 e. The van der Waals surface area contributed by atoms with E-state index in [1.54, 1.807) is 11.8 Å². The molecular formula is C18H22N2O. The van der Waals surface area contributed by atoms with Crippen LogP contribution in [0.2, 0.25) is 0 Å². The van der Waals surface area contributed by atoms with E-state index in [9.17, 15) is 4.79 Å². The van der Waals surface area contributed by atoms with Crippen molar-refractivity contribution in [2.75, 3.05) is 4.90 Å². The average molecular weight is 282 g/mol. The van der Waals surface area contributed by atoms with Gasteiger partial charge in [0.15, 0.2) is 0 Å². The standard InChI is InChI=1S/C18H22N2O/c1-14(21)20(17-8-3-2-4-9-17)12-11-16-13-15-7-5-6-10-18(15)19-16/h2-4,8-9,11-12,15,18H,5-7,10,13H2,1H3/b12-11+. The molecule has 1 saturated carbocycles. The highest BCUT2D eigenvalue weighted by Gasteiger charge is 2.30. The van der Waals surface area contributed by atoms with Gasteiger partial charge in [-0.15, -0.1) is 0 Å². The lowest BCUT2D eigenvalue weighted by molar-refractivity contribution is -0.115. The van der Waals surface area contributed by atoms with Crippen molar-refractivity contribution >= 4 is 17.3 Å². The highest BCUT2D eigenvalue weighted by molar-refractivity contribution is 5.99. The van der Waals surface area contributed by atoms with Crippen molar-refractivity contribution in [3.63, 3.8) is 0 Å². The number of rotatable bonds is 3. The van der Waals surface area contributed by atoms with Crippen LogP contribution in [0, 0.1) is 5.92 Å². The van der Waals surface area contributed by atoms with Crippen molar-refractivity contribution in [2.45, 2.75) is 45.1 Å². The summed E-state index contributed by atoms with van der Waals surface area (Å²) in [5.41, 5.74) is 2.05. The van der Waals surface area contributed by atoms with Crippen LogP contribution in [-0.4, -0.2) is 17.7 Å². The Hall–Kier alpha value is -1.90. The number of allylic oxidation sites excluding steroid dienone is 1. The van der Waals surface area contributed by atoms with Crippen LogP contribution in [0.5, 0.6) is 0 Å². The van der Waals surface area contributed by atoms with Gasteiger partial charge < -0.3 is 0 Å². The Labute approximate surface area is 126 Å².